The molecular formula is C19H23Cl2FN4O2. The number of rotatable bonds is 3. The van der Waals surface area contributed by atoms with Gasteiger partial charge in [0, 0.05) is 38.4 Å². The summed E-state index contributed by atoms with van der Waals surface area (Å²) in [5, 5.41) is 9.10. The fourth-order valence-corrected chi connectivity index (χ4v) is 4.72. The number of aromatic nitrogens is 3. The van der Waals surface area contributed by atoms with Gasteiger partial charge in [0.05, 0.1) is 29.5 Å². The predicted molar refractivity (Wildman–Crippen MR) is 105 cm³/mol. The molecule has 0 saturated carbocycles. The first-order valence-corrected chi connectivity index (χ1v) is 9.88. The second-order valence-corrected chi connectivity index (χ2v) is 8.05. The molecule has 2 aromatic rings. The normalized spacial score (nSPS) is 25.2. The number of nitrogens with zero attached hydrogens (tertiary/aromatic N) is 4. The first-order valence-electron chi connectivity index (χ1n) is 9.50. The summed E-state index contributed by atoms with van der Waals surface area (Å²) in [5.74, 6) is 0.336. The van der Waals surface area contributed by atoms with E-state index in [1.165, 1.54) is 12.1 Å². The van der Waals surface area contributed by atoms with Gasteiger partial charge in [-0.3, -0.25) is 4.90 Å². The molecule has 1 aromatic heterocycles. The van der Waals surface area contributed by atoms with Crippen LogP contribution in [0.15, 0.2) is 18.2 Å². The van der Waals surface area contributed by atoms with Crippen LogP contribution in [-0.2, 0) is 16.1 Å². The van der Waals surface area contributed by atoms with Crippen molar-refractivity contribution in [2.45, 2.75) is 31.6 Å². The Bertz CT molecular complexity index is 843. The Balaban J connectivity index is 0.00000192. The van der Waals surface area contributed by atoms with Crippen molar-refractivity contribution in [2.75, 3.05) is 32.8 Å². The molecule has 5 rings (SSSR count). The van der Waals surface area contributed by atoms with Crippen LogP contribution in [-0.4, -0.2) is 58.8 Å². The zero-order chi connectivity index (χ0) is 18.4. The fraction of sp³-hybridized carbons (Fsp3) is 0.579. The Labute approximate surface area is 174 Å². The third kappa shape index (κ3) is 3.66. The molecule has 6 nitrogen and oxygen atoms in total. The van der Waals surface area contributed by atoms with Gasteiger partial charge in [0.15, 0.2) is 0 Å². The summed E-state index contributed by atoms with van der Waals surface area (Å²) in [7, 11) is 0. The molecule has 0 N–H and O–H groups in total. The lowest BCUT2D eigenvalue weighted by atomic mass is 10.00. The summed E-state index contributed by atoms with van der Waals surface area (Å²) in [6, 6.07) is 4.51. The summed E-state index contributed by atoms with van der Waals surface area (Å²) < 4.78 is 27.0. The van der Waals surface area contributed by atoms with Gasteiger partial charge in [0.1, 0.15) is 11.5 Å². The highest BCUT2D eigenvalue weighted by Gasteiger charge is 2.41. The zero-order valence-corrected chi connectivity index (χ0v) is 17.0. The van der Waals surface area contributed by atoms with Crippen molar-refractivity contribution in [3.63, 3.8) is 0 Å². The van der Waals surface area contributed by atoms with Crippen LogP contribution >= 0.6 is 24.0 Å². The van der Waals surface area contributed by atoms with Gasteiger partial charge in [0.25, 0.3) is 0 Å². The Kier molecular flexibility index (Phi) is 5.90. The van der Waals surface area contributed by atoms with Crippen LogP contribution < -0.4 is 0 Å². The van der Waals surface area contributed by atoms with Crippen LogP contribution in [0.4, 0.5) is 4.39 Å². The molecular weight excluding hydrogens is 406 g/mol. The van der Waals surface area contributed by atoms with Crippen LogP contribution in [0, 0.1) is 11.7 Å². The molecule has 0 radical (unpaired) electrons. The smallest absolute Gasteiger partial charge is 0.124 e. The average molecular weight is 429 g/mol. The van der Waals surface area contributed by atoms with E-state index in [0.717, 1.165) is 51.4 Å². The second-order valence-electron chi connectivity index (χ2n) is 7.64. The van der Waals surface area contributed by atoms with Gasteiger partial charge in [-0.1, -0.05) is 16.8 Å². The Morgan fingerprint density at radius 1 is 1.21 bits per heavy atom. The summed E-state index contributed by atoms with van der Waals surface area (Å²) in [4.78, 5) is 2.48. The predicted octanol–water partition coefficient (Wildman–Crippen LogP) is 3.34. The van der Waals surface area contributed by atoms with Crippen LogP contribution in [0.25, 0.3) is 11.3 Å². The van der Waals surface area contributed by atoms with Gasteiger partial charge >= 0.3 is 0 Å². The number of likely N-dealkylation sites (tertiary alicyclic amines) is 1. The first-order chi connectivity index (χ1) is 13.2. The maximum absolute atomic E-state index is 13.4. The van der Waals surface area contributed by atoms with E-state index in [2.05, 4.69) is 15.2 Å². The van der Waals surface area contributed by atoms with E-state index >= 15 is 0 Å². The van der Waals surface area contributed by atoms with E-state index in [9.17, 15) is 4.39 Å². The van der Waals surface area contributed by atoms with Crippen molar-refractivity contribution in [1.82, 2.24) is 19.9 Å². The van der Waals surface area contributed by atoms with E-state index in [4.69, 9.17) is 21.1 Å². The molecule has 2 atom stereocenters. The topological polar surface area (TPSA) is 52.4 Å². The molecule has 2 saturated heterocycles. The minimum Gasteiger partial charge on any atom is -0.381 e. The molecule has 1 aromatic carbocycles. The van der Waals surface area contributed by atoms with Crippen LogP contribution in [0.5, 0.6) is 0 Å². The number of ether oxygens (including phenoxy) is 2. The lowest BCUT2D eigenvalue weighted by molar-refractivity contribution is -0.00571. The summed E-state index contributed by atoms with van der Waals surface area (Å²) in [6.45, 7) is 5.11. The van der Waals surface area contributed by atoms with E-state index in [1.807, 2.05) is 4.68 Å². The lowest BCUT2D eigenvalue weighted by Crippen LogP contribution is -2.32. The Hall–Kier alpha value is -1.25. The standard InChI is InChI=1S/C19H22ClFN4O2.ClH/c20-15-7-13(21)1-2-14(15)19-17-11-27-18-10-24(8-12-3-5-26-6-4-12)9-16(18)25(17)23-22-19;/h1-2,7,12,16,18H,3-6,8-11H2;1H/t16-,18-;/m0./s1. The number of halogens is 3. The lowest BCUT2D eigenvalue weighted by Gasteiger charge is -2.26. The minimum absolute atomic E-state index is 0. The van der Waals surface area contributed by atoms with E-state index < -0.39 is 0 Å². The number of fused-ring (bicyclic) bond motifs is 3. The Morgan fingerprint density at radius 2 is 2.04 bits per heavy atom. The third-order valence-corrected chi connectivity index (χ3v) is 6.21. The Morgan fingerprint density at radius 3 is 2.82 bits per heavy atom. The molecule has 3 aliphatic heterocycles. The average Bonchev–Trinajstić information content (AvgIpc) is 3.26. The highest BCUT2D eigenvalue weighted by Crippen LogP contribution is 2.37. The van der Waals surface area contributed by atoms with Crippen LogP contribution in [0.3, 0.4) is 0 Å². The van der Waals surface area contributed by atoms with Crippen molar-refractivity contribution in [3.05, 3.63) is 34.7 Å². The monoisotopic (exact) mass is 428 g/mol. The molecule has 4 heterocycles. The number of hydrogen-bond acceptors (Lipinski definition) is 5. The fourth-order valence-electron chi connectivity index (χ4n) is 4.47. The van der Waals surface area contributed by atoms with E-state index in [-0.39, 0.29) is 30.4 Å². The van der Waals surface area contributed by atoms with Gasteiger partial charge in [0.2, 0.25) is 0 Å². The summed E-state index contributed by atoms with van der Waals surface area (Å²) in [5.41, 5.74) is 2.29. The molecule has 28 heavy (non-hydrogen) atoms. The quantitative estimate of drug-likeness (QED) is 0.749. The van der Waals surface area contributed by atoms with Gasteiger partial charge in [-0.15, -0.1) is 17.5 Å². The SMILES string of the molecule is Cl.Fc1ccc(-c2nnn3c2CO[C@H]2CN(CC4CCOCC4)C[C@@H]23)c(Cl)c1. The largest absolute Gasteiger partial charge is 0.381 e. The van der Waals surface area contributed by atoms with Gasteiger partial charge in [-0.25, -0.2) is 9.07 Å². The van der Waals surface area contributed by atoms with Crippen molar-refractivity contribution < 1.29 is 13.9 Å². The maximum Gasteiger partial charge on any atom is 0.124 e. The van der Waals surface area contributed by atoms with Crippen molar-refractivity contribution >= 4 is 24.0 Å². The number of benzene rings is 1. The van der Waals surface area contributed by atoms with E-state index in [1.54, 1.807) is 6.07 Å². The summed E-state index contributed by atoms with van der Waals surface area (Å²) in [6.07, 6.45) is 2.40. The molecule has 152 valence electrons. The molecule has 0 aliphatic carbocycles. The highest BCUT2D eigenvalue weighted by molar-refractivity contribution is 6.33. The molecule has 9 heteroatoms. The summed E-state index contributed by atoms with van der Waals surface area (Å²) >= 11 is 6.23. The third-order valence-electron chi connectivity index (χ3n) is 5.90. The van der Waals surface area contributed by atoms with Crippen LogP contribution in [0.1, 0.15) is 24.6 Å². The molecule has 0 unspecified atom stereocenters. The first kappa shape index (κ1) is 20.0. The van der Waals surface area contributed by atoms with Crippen molar-refractivity contribution in [3.8, 4) is 11.3 Å². The van der Waals surface area contributed by atoms with Gasteiger partial charge in [-0.2, -0.15) is 0 Å². The molecule has 3 aliphatic rings. The molecule has 2 fully saturated rings. The minimum atomic E-state index is -0.361. The van der Waals surface area contributed by atoms with Crippen molar-refractivity contribution in [2.24, 2.45) is 5.92 Å². The highest BCUT2D eigenvalue weighted by atomic mass is 35.5. The van der Waals surface area contributed by atoms with Crippen LogP contribution in [0.2, 0.25) is 5.02 Å². The number of hydrogen-bond donors (Lipinski definition) is 0. The molecule has 0 bridgehead atoms. The second kappa shape index (κ2) is 8.24. The molecule has 0 spiro atoms. The van der Waals surface area contributed by atoms with Crippen molar-refractivity contribution in [1.29, 1.82) is 0 Å². The van der Waals surface area contributed by atoms with Gasteiger partial charge in [-0.05, 0) is 37.0 Å². The van der Waals surface area contributed by atoms with Gasteiger partial charge < -0.3 is 9.47 Å². The van der Waals surface area contributed by atoms with E-state index in [0.29, 0.717) is 28.8 Å². The molecule has 0 amide bonds. The zero-order valence-electron chi connectivity index (χ0n) is 15.4. The maximum atomic E-state index is 13.4.